The first kappa shape index (κ1) is 49.9. The zero-order valence-corrected chi connectivity index (χ0v) is 37.9. The number of anilines is 1. The monoisotopic (exact) mass is 770 g/mol. The number of benzene rings is 1. The molecule has 56 heavy (non-hydrogen) atoms. The minimum Gasteiger partial charge on any atom is -0.372 e. The molecule has 2 nitrogen and oxygen atoms in total. The average Bonchev–Trinajstić information content (AvgIpc) is 3.22. The van der Waals surface area contributed by atoms with E-state index in [1.807, 2.05) is 11.6 Å². The Morgan fingerprint density at radius 1 is 0.411 bits per heavy atom. The molecule has 1 aromatic carbocycles. The van der Waals surface area contributed by atoms with Crippen LogP contribution in [0.15, 0.2) is 42.6 Å². The van der Waals surface area contributed by atoms with E-state index < -0.39 is 0 Å². The Bertz CT molecular complexity index is 1140. The maximum atomic E-state index is 5.76. The summed E-state index contributed by atoms with van der Waals surface area (Å²) in [4.78, 5) is 2.68. The molecule has 0 atom stereocenters. The van der Waals surface area contributed by atoms with Crippen LogP contribution in [0, 0.1) is 12.3 Å². The summed E-state index contributed by atoms with van der Waals surface area (Å²) >= 11 is 0. The van der Waals surface area contributed by atoms with E-state index in [1.54, 1.807) is 0 Å². The lowest BCUT2D eigenvalue weighted by atomic mass is 10.0. The largest absolute Gasteiger partial charge is 0.372 e. The second kappa shape index (κ2) is 37.0. The number of hydrogen-bond donors (Lipinski definition) is 0. The van der Waals surface area contributed by atoms with Gasteiger partial charge in [-0.15, -0.1) is 6.42 Å². The number of terminal acetylenes is 1. The van der Waals surface area contributed by atoms with Gasteiger partial charge in [0.2, 0.25) is 0 Å². The summed E-state index contributed by atoms with van der Waals surface area (Å²) in [7, 11) is 2.01. The van der Waals surface area contributed by atoms with Crippen molar-refractivity contribution in [2.75, 3.05) is 18.0 Å². The molecule has 0 amide bonds. The summed E-state index contributed by atoms with van der Waals surface area (Å²) in [6, 6.07) is 13.6. The van der Waals surface area contributed by atoms with Crippen molar-refractivity contribution in [3.8, 4) is 23.5 Å². The summed E-state index contributed by atoms with van der Waals surface area (Å²) < 4.78 is 2.01. The highest BCUT2D eigenvalue weighted by molar-refractivity contribution is 5.66. The van der Waals surface area contributed by atoms with Crippen LogP contribution < -0.4 is 9.47 Å². The lowest BCUT2D eigenvalue weighted by molar-refractivity contribution is -0.673. The van der Waals surface area contributed by atoms with Crippen LogP contribution in [0.25, 0.3) is 11.1 Å². The Balaban J connectivity index is 1.60. The van der Waals surface area contributed by atoms with Crippen LogP contribution in [-0.2, 0) is 7.05 Å². The van der Waals surface area contributed by atoms with Gasteiger partial charge in [0.1, 0.15) is 7.05 Å². The van der Waals surface area contributed by atoms with Crippen LogP contribution in [0.4, 0.5) is 5.69 Å². The van der Waals surface area contributed by atoms with E-state index >= 15 is 0 Å². The molecule has 0 aliphatic rings. The maximum Gasteiger partial charge on any atom is 0.256 e. The number of aryl methyl sites for hydroxylation is 1. The van der Waals surface area contributed by atoms with Gasteiger partial charge >= 0.3 is 0 Å². The van der Waals surface area contributed by atoms with Crippen molar-refractivity contribution in [1.29, 1.82) is 0 Å². The van der Waals surface area contributed by atoms with Crippen LogP contribution in [0.5, 0.6) is 0 Å². The molecular formula is C54H93N2+. The third-order valence-corrected chi connectivity index (χ3v) is 12.4. The van der Waals surface area contributed by atoms with E-state index in [1.165, 1.54) is 261 Å². The van der Waals surface area contributed by atoms with Gasteiger partial charge in [0.05, 0.1) is 0 Å². The Morgan fingerprint density at radius 3 is 1.02 bits per heavy atom. The van der Waals surface area contributed by atoms with Gasteiger partial charge in [0.25, 0.3) is 5.69 Å². The number of hydrogen-bond acceptors (Lipinski definition) is 1. The molecule has 0 N–H and O–H groups in total. The fourth-order valence-electron chi connectivity index (χ4n) is 8.54. The molecular weight excluding hydrogens is 677 g/mol. The summed E-state index contributed by atoms with van der Waals surface area (Å²) in [5.74, 6) is 2.82. The summed E-state index contributed by atoms with van der Waals surface area (Å²) in [6.45, 7) is 6.98. The third kappa shape index (κ3) is 26.6. The lowest BCUT2D eigenvalue weighted by Gasteiger charge is -2.25. The number of rotatable bonds is 40. The zero-order valence-electron chi connectivity index (χ0n) is 37.9. The van der Waals surface area contributed by atoms with E-state index in [2.05, 4.69) is 67.3 Å². The highest BCUT2D eigenvalue weighted by Crippen LogP contribution is 2.25. The van der Waals surface area contributed by atoms with Crippen molar-refractivity contribution >= 4 is 5.69 Å². The van der Waals surface area contributed by atoms with Crippen molar-refractivity contribution in [2.45, 2.75) is 245 Å². The van der Waals surface area contributed by atoms with Crippen LogP contribution in [0.2, 0.25) is 0 Å². The SMILES string of the molecule is C#Cc1cc(-c2ccc(N(CCCCCCCCCCCCCCCCCCCC)CCCCCCCCCCCCCCCCCCCC)cc2)cc[n+]1C. The number of nitrogens with zero attached hydrogens (tertiary/aromatic N) is 2. The van der Waals surface area contributed by atoms with E-state index in [4.69, 9.17) is 6.42 Å². The van der Waals surface area contributed by atoms with E-state index in [0.29, 0.717) is 0 Å². The highest BCUT2D eigenvalue weighted by atomic mass is 15.1. The second-order valence-corrected chi connectivity index (χ2v) is 17.6. The Kier molecular flexibility index (Phi) is 33.0. The molecule has 0 saturated carbocycles. The normalized spacial score (nSPS) is 11.3. The molecule has 0 bridgehead atoms. The van der Waals surface area contributed by atoms with Gasteiger partial charge in [-0.05, 0) is 42.0 Å². The van der Waals surface area contributed by atoms with Crippen LogP contribution in [0.1, 0.15) is 251 Å². The summed E-state index contributed by atoms with van der Waals surface area (Å²) in [5.41, 5.74) is 4.73. The predicted octanol–water partition coefficient (Wildman–Crippen LogP) is 17.0. The van der Waals surface area contributed by atoms with Crippen molar-refractivity contribution in [3.05, 3.63) is 48.3 Å². The minimum atomic E-state index is 0.913. The Hall–Kier alpha value is -2.27. The molecule has 0 spiro atoms. The first-order valence-corrected chi connectivity index (χ1v) is 25.0. The van der Waals surface area contributed by atoms with Gasteiger partial charge < -0.3 is 4.90 Å². The molecule has 0 radical (unpaired) electrons. The van der Waals surface area contributed by atoms with Gasteiger partial charge in [0.15, 0.2) is 6.20 Å². The molecule has 0 aliphatic carbocycles. The molecule has 318 valence electrons. The van der Waals surface area contributed by atoms with E-state index in [0.717, 1.165) is 5.69 Å². The van der Waals surface area contributed by atoms with Gasteiger partial charge in [-0.1, -0.05) is 244 Å². The van der Waals surface area contributed by atoms with Crippen molar-refractivity contribution in [3.63, 3.8) is 0 Å². The van der Waals surface area contributed by atoms with Gasteiger partial charge in [-0.3, -0.25) is 0 Å². The minimum absolute atomic E-state index is 0.913. The first-order chi connectivity index (χ1) is 27.7. The smallest absolute Gasteiger partial charge is 0.256 e. The highest BCUT2D eigenvalue weighted by Gasteiger charge is 2.10. The lowest BCUT2D eigenvalue weighted by Crippen LogP contribution is -2.31. The molecule has 2 rings (SSSR count). The topological polar surface area (TPSA) is 7.12 Å². The Labute approximate surface area is 350 Å². The van der Waals surface area contributed by atoms with Crippen LogP contribution >= 0.6 is 0 Å². The first-order valence-electron chi connectivity index (χ1n) is 25.0. The fraction of sp³-hybridized carbons (Fsp3) is 0.759. The fourth-order valence-corrected chi connectivity index (χ4v) is 8.54. The maximum absolute atomic E-state index is 5.76. The molecule has 2 aromatic rings. The van der Waals surface area contributed by atoms with E-state index in [-0.39, 0.29) is 0 Å². The van der Waals surface area contributed by atoms with Crippen molar-refractivity contribution in [2.24, 2.45) is 7.05 Å². The number of pyridine rings is 1. The quantitative estimate of drug-likeness (QED) is 0.0372. The molecule has 0 aliphatic heterocycles. The molecule has 1 aromatic heterocycles. The standard InChI is InChI=1S/C54H93N2/c1-5-8-10-12-14-16-18-20-22-24-26-28-30-32-34-36-38-40-47-56(54-44-42-51(43-45-54)52-46-49-55(4)53(7-3)50-52)48-41-39-37-35-33-31-29-27-25-23-21-19-17-15-13-11-9-6-2/h3,42-46,49-50H,5-6,8-41,47-48H2,1-2,4H3/q+1. The molecule has 0 saturated heterocycles. The van der Waals surface area contributed by atoms with Crippen molar-refractivity contribution in [1.82, 2.24) is 0 Å². The number of unbranched alkanes of at least 4 members (excludes halogenated alkanes) is 34. The second-order valence-electron chi connectivity index (χ2n) is 17.6. The molecule has 0 unspecified atom stereocenters. The Morgan fingerprint density at radius 2 is 0.714 bits per heavy atom. The number of aromatic nitrogens is 1. The predicted molar refractivity (Wildman–Crippen MR) is 251 cm³/mol. The van der Waals surface area contributed by atoms with Crippen LogP contribution in [-0.4, -0.2) is 13.1 Å². The zero-order chi connectivity index (χ0) is 40.0. The van der Waals surface area contributed by atoms with Crippen molar-refractivity contribution < 1.29 is 4.57 Å². The van der Waals surface area contributed by atoms with Gasteiger partial charge in [0, 0.05) is 30.9 Å². The molecule has 2 heteroatoms. The van der Waals surface area contributed by atoms with E-state index in [9.17, 15) is 0 Å². The summed E-state index contributed by atoms with van der Waals surface area (Å²) in [5, 5.41) is 0. The average molecular weight is 770 g/mol. The van der Waals surface area contributed by atoms with Gasteiger partial charge in [-0.2, -0.15) is 4.57 Å². The van der Waals surface area contributed by atoms with Gasteiger partial charge in [-0.25, -0.2) is 0 Å². The molecule has 0 fully saturated rings. The van der Waals surface area contributed by atoms with Crippen LogP contribution in [0.3, 0.4) is 0 Å². The third-order valence-electron chi connectivity index (χ3n) is 12.4. The molecule has 1 heterocycles. The summed E-state index contributed by atoms with van der Waals surface area (Å²) in [6.07, 6.45) is 59.3.